The summed E-state index contributed by atoms with van der Waals surface area (Å²) in [4.78, 5) is 21.2. The molecule has 2 atom stereocenters. The minimum atomic E-state index is -0.260. The van der Waals surface area contributed by atoms with Gasteiger partial charge in [0.15, 0.2) is 11.5 Å². The zero-order valence-electron chi connectivity index (χ0n) is 15.2. The van der Waals surface area contributed by atoms with Crippen LogP contribution < -0.4 is 16.2 Å². The van der Waals surface area contributed by atoms with Crippen molar-refractivity contribution in [3.8, 4) is 0 Å². The second-order valence-corrected chi connectivity index (χ2v) is 6.86. The van der Waals surface area contributed by atoms with E-state index >= 15 is 0 Å². The zero-order chi connectivity index (χ0) is 18.6. The molecule has 2 aromatic heterocycles. The van der Waals surface area contributed by atoms with Crippen LogP contribution in [0.2, 0.25) is 0 Å². The van der Waals surface area contributed by atoms with Gasteiger partial charge in [-0.05, 0) is 49.6 Å². The third kappa shape index (κ3) is 4.15. The first kappa shape index (κ1) is 17.6. The van der Waals surface area contributed by atoms with Gasteiger partial charge in [-0.1, -0.05) is 12.1 Å². The number of amides is 1. The Bertz CT molecular complexity index is 925. The molecule has 3 aromatic rings. The van der Waals surface area contributed by atoms with Gasteiger partial charge in [0.05, 0.1) is 11.7 Å². The Morgan fingerprint density at radius 1 is 1.30 bits per heavy atom. The van der Waals surface area contributed by atoms with E-state index in [0.29, 0.717) is 25.3 Å². The molecule has 1 aliphatic heterocycles. The van der Waals surface area contributed by atoms with E-state index in [4.69, 9.17) is 4.42 Å². The van der Waals surface area contributed by atoms with Gasteiger partial charge in [0.2, 0.25) is 5.91 Å². The fourth-order valence-corrected chi connectivity index (χ4v) is 3.26. The number of rotatable bonds is 6. The van der Waals surface area contributed by atoms with Gasteiger partial charge in [-0.3, -0.25) is 9.78 Å². The predicted molar refractivity (Wildman–Crippen MR) is 102 cm³/mol. The molecular weight excluding hydrogens is 342 g/mol. The van der Waals surface area contributed by atoms with Crippen molar-refractivity contribution in [1.29, 1.82) is 0 Å². The number of nitrogens with zero attached hydrogens (tertiary/aromatic N) is 2. The van der Waals surface area contributed by atoms with Crippen LogP contribution in [0.5, 0.6) is 0 Å². The van der Waals surface area contributed by atoms with Gasteiger partial charge in [0, 0.05) is 19.2 Å². The Balaban J connectivity index is 1.22. The quantitative estimate of drug-likeness (QED) is 0.580. The highest BCUT2D eigenvalue weighted by molar-refractivity contribution is 5.82. The third-order valence-corrected chi connectivity index (χ3v) is 4.72. The first-order valence-electron chi connectivity index (χ1n) is 9.25. The second kappa shape index (κ2) is 7.85. The number of carbonyl (C=O) groups is 1. The third-order valence-electron chi connectivity index (χ3n) is 4.72. The molecule has 2 unspecified atom stereocenters. The number of benzene rings is 1. The van der Waals surface area contributed by atoms with Crippen molar-refractivity contribution in [2.45, 2.75) is 38.3 Å². The highest BCUT2D eigenvalue weighted by Gasteiger charge is 2.30. The molecule has 0 bridgehead atoms. The minimum Gasteiger partial charge on any atom is -0.441 e. The van der Waals surface area contributed by atoms with Crippen molar-refractivity contribution >= 4 is 17.0 Å². The van der Waals surface area contributed by atoms with Crippen molar-refractivity contribution in [3.05, 3.63) is 59.7 Å². The van der Waals surface area contributed by atoms with Crippen LogP contribution in [0.15, 0.2) is 47.0 Å². The van der Waals surface area contributed by atoms with E-state index < -0.39 is 0 Å². The SMILES string of the molecule is Cc1ccc2nc(CCCNC(=O)C3CC(c4ccccn4)NN3)oc2c1. The second-order valence-electron chi connectivity index (χ2n) is 6.86. The van der Waals surface area contributed by atoms with Crippen LogP contribution in [0.25, 0.3) is 11.1 Å². The first-order chi connectivity index (χ1) is 13.2. The summed E-state index contributed by atoms with van der Waals surface area (Å²) in [6, 6.07) is 11.6. The number of carbonyl (C=O) groups excluding carboxylic acids is 1. The van der Waals surface area contributed by atoms with Gasteiger partial charge >= 0.3 is 0 Å². The maximum absolute atomic E-state index is 12.3. The Morgan fingerprint density at radius 3 is 3.07 bits per heavy atom. The van der Waals surface area contributed by atoms with Crippen LogP contribution in [-0.4, -0.2) is 28.5 Å². The molecule has 3 N–H and O–H groups in total. The van der Waals surface area contributed by atoms with Crippen LogP contribution in [0.3, 0.4) is 0 Å². The number of hydrogen-bond acceptors (Lipinski definition) is 6. The molecule has 1 aromatic carbocycles. The highest BCUT2D eigenvalue weighted by Crippen LogP contribution is 2.20. The maximum Gasteiger partial charge on any atom is 0.238 e. The fourth-order valence-electron chi connectivity index (χ4n) is 3.26. The van der Waals surface area contributed by atoms with Gasteiger partial charge in [-0.15, -0.1) is 0 Å². The monoisotopic (exact) mass is 365 g/mol. The van der Waals surface area contributed by atoms with Gasteiger partial charge in [0.25, 0.3) is 0 Å². The summed E-state index contributed by atoms with van der Waals surface area (Å²) in [5.41, 5.74) is 9.98. The van der Waals surface area contributed by atoms with Crippen LogP contribution in [0.4, 0.5) is 0 Å². The number of aromatic nitrogens is 2. The van der Waals surface area contributed by atoms with Crippen molar-refractivity contribution in [1.82, 2.24) is 26.1 Å². The van der Waals surface area contributed by atoms with E-state index in [9.17, 15) is 4.79 Å². The van der Waals surface area contributed by atoms with Crippen LogP contribution >= 0.6 is 0 Å². The lowest BCUT2D eigenvalue weighted by Crippen LogP contribution is -2.43. The Morgan fingerprint density at radius 2 is 2.22 bits per heavy atom. The number of oxazole rings is 1. The van der Waals surface area contributed by atoms with E-state index in [1.54, 1.807) is 6.20 Å². The summed E-state index contributed by atoms with van der Waals surface area (Å²) in [6.07, 6.45) is 3.91. The number of pyridine rings is 1. The Hall–Kier alpha value is -2.77. The number of nitrogens with one attached hydrogen (secondary N) is 3. The molecule has 7 nitrogen and oxygen atoms in total. The number of hydrazine groups is 1. The molecule has 7 heteroatoms. The molecule has 1 aliphatic rings. The number of hydrogen-bond donors (Lipinski definition) is 3. The van der Waals surface area contributed by atoms with Crippen LogP contribution in [-0.2, 0) is 11.2 Å². The normalized spacial score (nSPS) is 19.4. The molecule has 3 heterocycles. The predicted octanol–water partition coefficient (Wildman–Crippen LogP) is 2.19. The summed E-state index contributed by atoms with van der Waals surface area (Å²) in [7, 11) is 0. The maximum atomic E-state index is 12.3. The van der Waals surface area contributed by atoms with E-state index in [1.165, 1.54) is 0 Å². The summed E-state index contributed by atoms with van der Waals surface area (Å²) in [5.74, 6) is 0.704. The lowest BCUT2D eigenvalue weighted by molar-refractivity contribution is -0.122. The molecule has 1 amide bonds. The van der Waals surface area contributed by atoms with E-state index in [1.807, 2.05) is 43.3 Å². The highest BCUT2D eigenvalue weighted by atomic mass is 16.3. The number of aryl methyl sites for hydroxylation is 2. The average Bonchev–Trinajstić information content (AvgIpc) is 3.32. The van der Waals surface area contributed by atoms with E-state index in [0.717, 1.165) is 28.8 Å². The Labute approximate surface area is 157 Å². The standard InChI is InChI=1S/C20H23N5O2/c1-13-7-8-15-18(11-13)27-19(23-15)6-4-10-22-20(26)17-12-16(24-25-17)14-5-2-3-9-21-14/h2-3,5,7-9,11,16-17,24-25H,4,6,10,12H2,1H3,(H,22,26). The summed E-state index contributed by atoms with van der Waals surface area (Å²) < 4.78 is 5.77. The van der Waals surface area contributed by atoms with Crippen molar-refractivity contribution in [2.24, 2.45) is 0 Å². The smallest absolute Gasteiger partial charge is 0.238 e. The van der Waals surface area contributed by atoms with Crippen molar-refractivity contribution in [2.75, 3.05) is 6.54 Å². The van der Waals surface area contributed by atoms with Crippen LogP contribution in [0, 0.1) is 6.92 Å². The lowest BCUT2D eigenvalue weighted by atomic mass is 10.1. The van der Waals surface area contributed by atoms with E-state index in [2.05, 4.69) is 26.1 Å². The first-order valence-corrected chi connectivity index (χ1v) is 9.25. The molecule has 4 rings (SSSR count). The molecule has 0 aliphatic carbocycles. The molecule has 1 saturated heterocycles. The average molecular weight is 365 g/mol. The van der Waals surface area contributed by atoms with Gasteiger partial charge < -0.3 is 9.73 Å². The molecule has 27 heavy (non-hydrogen) atoms. The van der Waals surface area contributed by atoms with E-state index in [-0.39, 0.29) is 18.0 Å². The minimum absolute atomic E-state index is 0.00544. The molecule has 0 saturated carbocycles. The fraction of sp³-hybridized carbons (Fsp3) is 0.350. The molecular formula is C20H23N5O2. The lowest BCUT2D eigenvalue weighted by Gasteiger charge is -2.10. The van der Waals surface area contributed by atoms with Crippen molar-refractivity contribution in [3.63, 3.8) is 0 Å². The number of fused-ring (bicyclic) bond motifs is 1. The zero-order valence-corrected chi connectivity index (χ0v) is 15.2. The summed E-state index contributed by atoms with van der Waals surface area (Å²) in [6.45, 7) is 2.62. The summed E-state index contributed by atoms with van der Waals surface area (Å²) in [5, 5.41) is 2.98. The van der Waals surface area contributed by atoms with Crippen LogP contribution in [0.1, 0.15) is 36.0 Å². The molecule has 0 radical (unpaired) electrons. The molecule has 140 valence electrons. The van der Waals surface area contributed by atoms with Crippen molar-refractivity contribution < 1.29 is 9.21 Å². The van der Waals surface area contributed by atoms with Gasteiger partial charge in [-0.25, -0.2) is 15.8 Å². The largest absolute Gasteiger partial charge is 0.441 e. The molecule has 0 spiro atoms. The molecule has 1 fully saturated rings. The van der Waals surface area contributed by atoms with Gasteiger partial charge in [0.1, 0.15) is 11.6 Å². The van der Waals surface area contributed by atoms with Gasteiger partial charge in [-0.2, -0.15) is 0 Å². The summed E-state index contributed by atoms with van der Waals surface area (Å²) >= 11 is 0. The topological polar surface area (TPSA) is 92.1 Å². The Kier molecular flexibility index (Phi) is 5.13.